The highest BCUT2D eigenvalue weighted by Gasteiger charge is 2.15. The molecule has 3 aromatic rings. The second-order valence-corrected chi connectivity index (χ2v) is 7.69. The predicted molar refractivity (Wildman–Crippen MR) is 97.2 cm³/mol. The van der Waals surface area contributed by atoms with Crippen LogP contribution in [0.5, 0.6) is 5.75 Å². The number of hydrogen-bond acceptors (Lipinski definition) is 6. The molecule has 0 saturated carbocycles. The summed E-state index contributed by atoms with van der Waals surface area (Å²) in [6, 6.07) is 13.8. The van der Waals surface area contributed by atoms with E-state index in [9.17, 15) is 8.42 Å². The zero-order valence-corrected chi connectivity index (χ0v) is 15.4. The molecule has 3 rings (SSSR count). The summed E-state index contributed by atoms with van der Waals surface area (Å²) in [4.78, 5) is 4.20. The molecule has 0 radical (unpaired) electrons. The van der Waals surface area contributed by atoms with Gasteiger partial charge in [0.15, 0.2) is 0 Å². The Morgan fingerprint density at radius 1 is 1.19 bits per heavy atom. The smallest absolute Gasteiger partial charge is 0.242 e. The highest BCUT2D eigenvalue weighted by Crippen LogP contribution is 2.21. The third-order valence-electron chi connectivity index (χ3n) is 3.51. The highest BCUT2D eigenvalue weighted by molar-refractivity contribution is 7.88. The number of methoxy groups -OCH3 is 1. The first-order chi connectivity index (χ1) is 12.4. The Balaban J connectivity index is 1.64. The Kier molecular flexibility index (Phi) is 5.55. The fraction of sp³-hybridized carbons (Fsp3) is 0.176. The standard InChI is InChI=1S/C17H16ClN3O4S/c1-24-15-4-2-3-13(9-15)17-20-16(25-21-17)10-19-26(22,23)11-12-5-7-14(18)8-6-12/h2-9,19H,10-11H2,1H3. The maximum absolute atomic E-state index is 12.2. The van der Waals surface area contributed by atoms with Crippen LogP contribution in [0.1, 0.15) is 11.5 Å². The zero-order chi connectivity index (χ0) is 18.6. The van der Waals surface area contributed by atoms with Gasteiger partial charge in [0.05, 0.1) is 19.4 Å². The van der Waals surface area contributed by atoms with E-state index in [1.165, 1.54) is 0 Å². The average Bonchev–Trinajstić information content (AvgIpc) is 3.11. The number of nitrogens with zero attached hydrogens (tertiary/aromatic N) is 2. The van der Waals surface area contributed by atoms with Crippen molar-refractivity contribution in [2.45, 2.75) is 12.3 Å². The minimum absolute atomic E-state index is 0.0904. The van der Waals surface area contributed by atoms with Crippen molar-refractivity contribution in [2.24, 2.45) is 0 Å². The SMILES string of the molecule is COc1cccc(-c2noc(CNS(=O)(=O)Cc3ccc(Cl)cc3)n2)c1. The van der Waals surface area contributed by atoms with Crippen molar-refractivity contribution in [1.82, 2.24) is 14.9 Å². The lowest BCUT2D eigenvalue weighted by Gasteiger charge is -2.04. The quantitative estimate of drug-likeness (QED) is 0.663. The van der Waals surface area contributed by atoms with Crippen molar-refractivity contribution in [3.05, 3.63) is 65.0 Å². The lowest BCUT2D eigenvalue weighted by atomic mass is 10.2. The topological polar surface area (TPSA) is 94.3 Å². The highest BCUT2D eigenvalue weighted by atomic mass is 35.5. The van der Waals surface area contributed by atoms with Gasteiger partial charge in [-0.1, -0.05) is 41.0 Å². The zero-order valence-electron chi connectivity index (χ0n) is 13.8. The van der Waals surface area contributed by atoms with E-state index < -0.39 is 10.0 Å². The molecule has 7 nitrogen and oxygen atoms in total. The van der Waals surface area contributed by atoms with E-state index in [0.29, 0.717) is 27.7 Å². The van der Waals surface area contributed by atoms with Gasteiger partial charge in [-0.15, -0.1) is 0 Å². The number of halogens is 1. The van der Waals surface area contributed by atoms with E-state index in [1.54, 1.807) is 49.6 Å². The minimum Gasteiger partial charge on any atom is -0.497 e. The van der Waals surface area contributed by atoms with Gasteiger partial charge in [0.2, 0.25) is 21.7 Å². The van der Waals surface area contributed by atoms with Gasteiger partial charge in [-0.25, -0.2) is 13.1 Å². The molecule has 0 unspecified atom stereocenters. The molecule has 0 aliphatic carbocycles. The second kappa shape index (κ2) is 7.86. The number of aromatic nitrogens is 2. The Hall–Kier alpha value is -2.42. The van der Waals surface area contributed by atoms with Gasteiger partial charge in [0.1, 0.15) is 5.75 Å². The molecular weight excluding hydrogens is 378 g/mol. The lowest BCUT2D eigenvalue weighted by molar-refractivity contribution is 0.376. The van der Waals surface area contributed by atoms with Crippen LogP contribution in [0.25, 0.3) is 11.4 Å². The Labute approximate surface area is 156 Å². The Morgan fingerprint density at radius 2 is 1.96 bits per heavy atom. The number of sulfonamides is 1. The monoisotopic (exact) mass is 393 g/mol. The molecule has 1 N–H and O–H groups in total. The van der Waals surface area contributed by atoms with Crippen LogP contribution < -0.4 is 9.46 Å². The van der Waals surface area contributed by atoms with Crippen molar-refractivity contribution in [3.63, 3.8) is 0 Å². The second-order valence-electron chi connectivity index (χ2n) is 5.45. The normalized spacial score (nSPS) is 11.5. The number of hydrogen-bond donors (Lipinski definition) is 1. The molecule has 0 saturated heterocycles. The van der Waals surface area contributed by atoms with Crippen LogP contribution >= 0.6 is 11.6 Å². The molecule has 0 amide bonds. The van der Waals surface area contributed by atoms with E-state index in [0.717, 1.165) is 0 Å². The van der Waals surface area contributed by atoms with Crippen molar-refractivity contribution in [1.29, 1.82) is 0 Å². The third-order valence-corrected chi connectivity index (χ3v) is 5.06. The van der Waals surface area contributed by atoms with Gasteiger partial charge < -0.3 is 9.26 Å². The van der Waals surface area contributed by atoms with Crippen molar-refractivity contribution in [2.75, 3.05) is 7.11 Å². The van der Waals surface area contributed by atoms with E-state index in [1.807, 2.05) is 6.07 Å². The number of ether oxygens (including phenoxy) is 1. The molecule has 0 aliphatic rings. The van der Waals surface area contributed by atoms with Crippen molar-refractivity contribution in [3.8, 4) is 17.1 Å². The minimum atomic E-state index is -3.55. The van der Waals surface area contributed by atoms with E-state index in [2.05, 4.69) is 14.9 Å². The summed E-state index contributed by atoms with van der Waals surface area (Å²) >= 11 is 5.80. The average molecular weight is 394 g/mol. The Bertz CT molecular complexity index is 987. The van der Waals surface area contributed by atoms with Gasteiger partial charge >= 0.3 is 0 Å². The molecular formula is C17H16ClN3O4S. The largest absolute Gasteiger partial charge is 0.497 e. The van der Waals surface area contributed by atoms with Crippen LogP contribution in [0.15, 0.2) is 53.1 Å². The molecule has 0 fully saturated rings. The predicted octanol–water partition coefficient (Wildman–Crippen LogP) is 3.02. The lowest BCUT2D eigenvalue weighted by Crippen LogP contribution is -2.24. The van der Waals surface area contributed by atoms with Gasteiger partial charge in [-0.2, -0.15) is 4.98 Å². The molecule has 0 bridgehead atoms. The van der Waals surface area contributed by atoms with Crippen LogP contribution in [0.3, 0.4) is 0 Å². The summed E-state index contributed by atoms with van der Waals surface area (Å²) in [5.41, 5.74) is 1.34. The molecule has 2 aromatic carbocycles. The number of nitrogens with one attached hydrogen (secondary N) is 1. The molecule has 0 spiro atoms. The summed E-state index contributed by atoms with van der Waals surface area (Å²) in [6.45, 7) is -0.0904. The first-order valence-electron chi connectivity index (χ1n) is 7.64. The van der Waals surface area contributed by atoms with Crippen LogP contribution in [-0.2, 0) is 22.3 Å². The van der Waals surface area contributed by atoms with Crippen LogP contribution in [0.2, 0.25) is 5.02 Å². The summed E-state index contributed by atoms with van der Waals surface area (Å²) in [5, 5.41) is 4.42. The van der Waals surface area contributed by atoms with Gasteiger partial charge in [-0.3, -0.25) is 0 Å². The molecule has 9 heteroatoms. The molecule has 1 heterocycles. The van der Waals surface area contributed by atoms with Gasteiger partial charge in [-0.05, 0) is 29.8 Å². The fourth-order valence-corrected chi connectivity index (χ4v) is 3.43. The summed E-state index contributed by atoms with van der Waals surface area (Å²) in [6.07, 6.45) is 0. The van der Waals surface area contributed by atoms with E-state index >= 15 is 0 Å². The summed E-state index contributed by atoms with van der Waals surface area (Å²) in [5.74, 6) is 1.02. The first kappa shape index (κ1) is 18.4. The van der Waals surface area contributed by atoms with E-state index in [-0.39, 0.29) is 18.2 Å². The van der Waals surface area contributed by atoms with Crippen LogP contribution in [-0.4, -0.2) is 25.7 Å². The van der Waals surface area contributed by atoms with Crippen LogP contribution in [0, 0.1) is 0 Å². The maximum Gasteiger partial charge on any atom is 0.242 e. The van der Waals surface area contributed by atoms with Crippen molar-refractivity contribution < 1.29 is 17.7 Å². The van der Waals surface area contributed by atoms with Gasteiger partial charge in [0, 0.05) is 10.6 Å². The molecule has 26 heavy (non-hydrogen) atoms. The molecule has 0 aliphatic heterocycles. The van der Waals surface area contributed by atoms with E-state index in [4.69, 9.17) is 20.9 Å². The number of benzene rings is 2. The van der Waals surface area contributed by atoms with Crippen molar-refractivity contribution >= 4 is 21.6 Å². The maximum atomic E-state index is 12.2. The summed E-state index contributed by atoms with van der Waals surface area (Å²) in [7, 11) is -1.99. The van der Waals surface area contributed by atoms with Gasteiger partial charge in [0.25, 0.3) is 0 Å². The fourth-order valence-electron chi connectivity index (χ4n) is 2.23. The third kappa shape index (κ3) is 4.81. The Morgan fingerprint density at radius 3 is 2.69 bits per heavy atom. The first-order valence-corrected chi connectivity index (χ1v) is 9.67. The molecule has 136 valence electrons. The number of rotatable bonds is 7. The van der Waals surface area contributed by atoms with Crippen LogP contribution in [0.4, 0.5) is 0 Å². The molecule has 1 aromatic heterocycles. The summed E-state index contributed by atoms with van der Waals surface area (Å²) < 4.78 is 37.0. The molecule has 0 atom stereocenters.